The third kappa shape index (κ3) is 2.45. The van der Waals surface area contributed by atoms with Gasteiger partial charge in [0.15, 0.2) is 0 Å². The number of nitrogens with zero attached hydrogens (tertiary/aromatic N) is 1. The lowest BCUT2D eigenvalue weighted by Gasteiger charge is -2.23. The fourth-order valence-electron chi connectivity index (χ4n) is 2.13. The summed E-state index contributed by atoms with van der Waals surface area (Å²) in [6, 6.07) is 8.47. The summed E-state index contributed by atoms with van der Waals surface area (Å²) in [7, 11) is 1.51. The molecular formula is C14H16N2O3. The summed E-state index contributed by atoms with van der Waals surface area (Å²) in [6.07, 6.45) is 0.373. The molecule has 5 nitrogen and oxygen atoms in total. The van der Waals surface area contributed by atoms with Gasteiger partial charge in [0.05, 0.1) is 0 Å². The van der Waals surface area contributed by atoms with Crippen LogP contribution in [0.3, 0.4) is 0 Å². The standard InChI is InChI=1S/C14H16N2O3/c1-3-12(14(18)19)16(2)13(17)11-8-9-6-4-5-7-10(9)15-11/h4-8,12,15H,3H2,1-2H3,(H,18,19). The first-order valence-electron chi connectivity index (χ1n) is 6.12. The van der Waals surface area contributed by atoms with Crippen molar-refractivity contribution in [3.8, 4) is 0 Å². The predicted molar refractivity (Wildman–Crippen MR) is 72.1 cm³/mol. The van der Waals surface area contributed by atoms with Crippen molar-refractivity contribution in [2.24, 2.45) is 0 Å². The number of aromatic amines is 1. The smallest absolute Gasteiger partial charge is 0.326 e. The lowest BCUT2D eigenvalue weighted by atomic mass is 10.2. The predicted octanol–water partition coefficient (Wildman–Crippen LogP) is 2.10. The zero-order chi connectivity index (χ0) is 14.0. The first-order chi connectivity index (χ1) is 9.04. The van der Waals surface area contributed by atoms with Crippen LogP contribution in [0.15, 0.2) is 30.3 Å². The number of carbonyl (C=O) groups is 2. The molecule has 0 aliphatic heterocycles. The number of aliphatic carboxylic acids is 1. The van der Waals surface area contributed by atoms with Gasteiger partial charge in [-0.25, -0.2) is 4.79 Å². The Morgan fingerprint density at radius 3 is 2.63 bits per heavy atom. The number of para-hydroxylation sites is 1. The molecule has 2 N–H and O–H groups in total. The van der Waals surface area contributed by atoms with Crippen molar-refractivity contribution >= 4 is 22.8 Å². The zero-order valence-corrected chi connectivity index (χ0v) is 10.9. The molecule has 19 heavy (non-hydrogen) atoms. The van der Waals surface area contributed by atoms with Gasteiger partial charge in [-0.3, -0.25) is 4.79 Å². The van der Waals surface area contributed by atoms with Crippen molar-refractivity contribution in [3.05, 3.63) is 36.0 Å². The summed E-state index contributed by atoms with van der Waals surface area (Å²) in [4.78, 5) is 27.6. The summed E-state index contributed by atoms with van der Waals surface area (Å²) >= 11 is 0. The highest BCUT2D eigenvalue weighted by Crippen LogP contribution is 2.17. The number of amides is 1. The van der Waals surface area contributed by atoms with E-state index in [9.17, 15) is 9.59 Å². The van der Waals surface area contributed by atoms with Crippen LogP contribution in [0, 0.1) is 0 Å². The molecule has 1 unspecified atom stereocenters. The number of H-pyrrole nitrogens is 1. The summed E-state index contributed by atoms with van der Waals surface area (Å²) in [6.45, 7) is 1.74. The number of hydrogen-bond acceptors (Lipinski definition) is 2. The lowest BCUT2D eigenvalue weighted by molar-refractivity contribution is -0.142. The number of carbonyl (C=O) groups excluding carboxylic acids is 1. The molecule has 5 heteroatoms. The quantitative estimate of drug-likeness (QED) is 0.884. The Morgan fingerprint density at radius 1 is 1.37 bits per heavy atom. The molecule has 0 bridgehead atoms. The van der Waals surface area contributed by atoms with E-state index >= 15 is 0 Å². The number of aromatic nitrogens is 1. The van der Waals surface area contributed by atoms with Gasteiger partial charge in [-0.15, -0.1) is 0 Å². The fourth-order valence-corrected chi connectivity index (χ4v) is 2.13. The van der Waals surface area contributed by atoms with Gasteiger partial charge in [0.1, 0.15) is 11.7 Å². The molecular weight excluding hydrogens is 244 g/mol. The Hall–Kier alpha value is -2.30. The monoisotopic (exact) mass is 260 g/mol. The Kier molecular flexibility index (Phi) is 3.55. The second-order valence-electron chi connectivity index (χ2n) is 4.45. The molecule has 2 aromatic rings. The minimum atomic E-state index is -0.991. The van der Waals surface area contributed by atoms with Crippen molar-refractivity contribution in [3.63, 3.8) is 0 Å². The minimum absolute atomic E-state index is 0.314. The number of carboxylic acids is 1. The van der Waals surface area contributed by atoms with Gasteiger partial charge >= 0.3 is 5.97 Å². The highest BCUT2D eigenvalue weighted by molar-refractivity contribution is 5.99. The average molecular weight is 260 g/mol. The zero-order valence-electron chi connectivity index (χ0n) is 10.9. The Labute approximate surface area is 110 Å². The van der Waals surface area contributed by atoms with Crippen molar-refractivity contribution in [2.75, 3.05) is 7.05 Å². The van der Waals surface area contributed by atoms with E-state index in [2.05, 4.69) is 4.98 Å². The van der Waals surface area contributed by atoms with Gasteiger partial charge in [0, 0.05) is 18.0 Å². The van der Waals surface area contributed by atoms with E-state index < -0.39 is 12.0 Å². The highest BCUT2D eigenvalue weighted by Gasteiger charge is 2.26. The lowest BCUT2D eigenvalue weighted by Crippen LogP contribution is -2.42. The normalized spacial score (nSPS) is 12.3. The molecule has 0 spiro atoms. The van der Waals surface area contributed by atoms with Crippen molar-refractivity contribution < 1.29 is 14.7 Å². The summed E-state index contributed by atoms with van der Waals surface area (Å²) in [5.41, 5.74) is 1.27. The molecule has 0 saturated heterocycles. The van der Waals surface area contributed by atoms with E-state index in [1.54, 1.807) is 13.0 Å². The molecule has 1 aromatic heterocycles. The second-order valence-corrected chi connectivity index (χ2v) is 4.45. The molecule has 0 aliphatic carbocycles. The number of fused-ring (bicyclic) bond motifs is 1. The Balaban J connectivity index is 2.30. The molecule has 0 fully saturated rings. The van der Waals surface area contributed by atoms with Crippen molar-refractivity contribution in [2.45, 2.75) is 19.4 Å². The van der Waals surface area contributed by atoms with E-state index in [0.29, 0.717) is 12.1 Å². The number of nitrogens with one attached hydrogen (secondary N) is 1. The van der Waals surface area contributed by atoms with Crippen LogP contribution >= 0.6 is 0 Å². The van der Waals surface area contributed by atoms with Gasteiger partial charge in [-0.05, 0) is 18.6 Å². The van der Waals surface area contributed by atoms with Crippen LogP contribution < -0.4 is 0 Å². The van der Waals surface area contributed by atoms with E-state index in [1.165, 1.54) is 11.9 Å². The molecule has 0 aliphatic rings. The largest absolute Gasteiger partial charge is 0.480 e. The topological polar surface area (TPSA) is 73.4 Å². The van der Waals surface area contributed by atoms with Crippen LogP contribution in [0.2, 0.25) is 0 Å². The molecule has 0 saturated carbocycles. The van der Waals surface area contributed by atoms with Crippen LogP contribution in [-0.2, 0) is 4.79 Å². The Morgan fingerprint density at radius 2 is 2.05 bits per heavy atom. The maximum Gasteiger partial charge on any atom is 0.326 e. The van der Waals surface area contributed by atoms with Crippen LogP contribution in [0.1, 0.15) is 23.8 Å². The molecule has 0 radical (unpaired) electrons. The minimum Gasteiger partial charge on any atom is -0.480 e. The molecule has 1 amide bonds. The second kappa shape index (κ2) is 5.14. The summed E-state index contributed by atoms with van der Waals surface area (Å²) < 4.78 is 0. The molecule has 1 atom stereocenters. The first-order valence-corrected chi connectivity index (χ1v) is 6.12. The first kappa shape index (κ1) is 13.1. The number of likely N-dealkylation sites (N-methyl/N-ethyl adjacent to an activating group) is 1. The van der Waals surface area contributed by atoms with Crippen molar-refractivity contribution in [1.29, 1.82) is 0 Å². The SMILES string of the molecule is CCC(C(=O)O)N(C)C(=O)c1cc2ccccc2[nH]1. The fraction of sp³-hybridized carbons (Fsp3) is 0.286. The van der Waals surface area contributed by atoms with Gasteiger partial charge in [0.25, 0.3) is 5.91 Å². The van der Waals surface area contributed by atoms with E-state index in [0.717, 1.165) is 10.9 Å². The van der Waals surface area contributed by atoms with E-state index in [-0.39, 0.29) is 5.91 Å². The van der Waals surface area contributed by atoms with Crippen LogP contribution in [0.4, 0.5) is 0 Å². The highest BCUT2D eigenvalue weighted by atomic mass is 16.4. The number of hydrogen-bond donors (Lipinski definition) is 2. The molecule has 1 heterocycles. The maximum atomic E-state index is 12.3. The number of rotatable bonds is 4. The number of benzene rings is 1. The Bertz CT molecular complexity index is 585. The van der Waals surface area contributed by atoms with Crippen molar-refractivity contribution in [1.82, 2.24) is 9.88 Å². The van der Waals surface area contributed by atoms with Gasteiger partial charge in [0.2, 0.25) is 0 Å². The van der Waals surface area contributed by atoms with E-state index in [4.69, 9.17) is 5.11 Å². The summed E-state index contributed by atoms with van der Waals surface area (Å²) in [5, 5.41) is 10.0. The third-order valence-electron chi connectivity index (χ3n) is 3.22. The van der Waals surface area contributed by atoms with Gasteiger partial charge in [-0.2, -0.15) is 0 Å². The average Bonchev–Trinajstić information content (AvgIpc) is 2.81. The van der Waals surface area contributed by atoms with Gasteiger partial charge in [-0.1, -0.05) is 25.1 Å². The van der Waals surface area contributed by atoms with Crippen LogP contribution in [-0.4, -0.2) is 40.0 Å². The third-order valence-corrected chi connectivity index (χ3v) is 3.22. The molecule has 2 rings (SSSR count). The van der Waals surface area contributed by atoms with E-state index in [1.807, 2.05) is 24.3 Å². The maximum absolute atomic E-state index is 12.3. The molecule has 100 valence electrons. The number of carboxylic acid groups (broad SMARTS) is 1. The van der Waals surface area contributed by atoms with Crippen LogP contribution in [0.5, 0.6) is 0 Å². The molecule has 1 aromatic carbocycles. The van der Waals surface area contributed by atoms with Gasteiger partial charge < -0.3 is 15.0 Å². The van der Waals surface area contributed by atoms with Crippen LogP contribution in [0.25, 0.3) is 10.9 Å². The summed E-state index contributed by atoms with van der Waals surface area (Å²) in [5.74, 6) is -1.31.